The summed E-state index contributed by atoms with van der Waals surface area (Å²) in [7, 11) is 4.79. The molecule has 2 aliphatic heterocycles. The number of nitrogens with zero attached hydrogens (tertiary/aromatic N) is 4. The zero-order chi connectivity index (χ0) is 43.2. The number of carboxylic acids is 2. The minimum atomic E-state index is -1.07. The van der Waals surface area contributed by atoms with Gasteiger partial charge in [0, 0.05) is 48.6 Å². The second kappa shape index (κ2) is 19.0. The van der Waals surface area contributed by atoms with E-state index in [2.05, 4.69) is 19.8 Å². The molecule has 0 amide bonds. The standard InChI is InChI=1S/C44H42N4O12S2/c1-53-33-8-4-26(12-36(33)55-3)10-11-47(20-40-45-31(22-61-40)43(49)50)18-28-14-38-42(59-25-58-38)39(15-28)60-30-7-6-29(35(16-30)54-2)19-48(21-41-46-32(23-62-41)44(51)52)17-27-5-9-34-37(13-27)57-24-56-34/h4-9,12-16,22-23H,10-11,17-21,24-25H2,1-3H3,(H,49,50)(H,51,52). The molecule has 0 unspecified atom stereocenters. The molecular weight excluding hydrogens is 841 g/mol. The maximum atomic E-state index is 11.6. The fourth-order valence-corrected chi connectivity index (χ4v) is 8.71. The molecule has 2 aromatic heterocycles. The zero-order valence-corrected chi connectivity index (χ0v) is 35.6. The lowest BCUT2D eigenvalue weighted by molar-refractivity contribution is 0.0680. The Morgan fingerprint density at radius 1 is 0.613 bits per heavy atom. The van der Waals surface area contributed by atoms with Crippen LogP contribution in [0.3, 0.4) is 0 Å². The molecule has 16 nitrogen and oxygen atoms in total. The molecule has 0 aliphatic carbocycles. The molecule has 0 saturated carbocycles. The summed E-state index contributed by atoms with van der Waals surface area (Å²) in [5.41, 5.74) is 3.78. The first-order valence-electron chi connectivity index (χ1n) is 19.3. The minimum Gasteiger partial charge on any atom is -0.496 e. The van der Waals surface area contributed by atoms with E-state index in [1.54, 1.807) is 32.1 Å². The third-order valence-corrected chi connectivity index (χ3v) is 11.7. The first-order chi connectivity index (χ1) is 30.1. The largest absolute Gasteiger partial charge is 0.496 e. The van der Waals surface area contributed by atoms with E-state index in [1.807, 2.05) is 66.7 Å². The van der Waals surface area contributed by atoms with Crippen molar-refractivity contribution in [2.45, 2.75) is 39.1 Å². The molecule has 4 heterocycles. The fraction of sp³-hybridized carbons (Fsp3) is 0.273. The summed E-state index contributed by atoms with van der Waals surface area (Å²) >= 11 is 2.60. The zero-order valence-electron chi connectivity index (χ0n) is 34.0. The van der Waals surface area contributed by atoms with E-state index in [-0.39, 0.29) is 25.0 Å². The highest BCUT2D eigenvalue weighted by Gasteiger charge is 2.24. The number of carbonyl (C=O) groups is 2. The van der Waals surface area contributed by atoms with Crippen LogP contribution in [0.4, 0.5) is 0 Å². The van der Waals surface area contributed by atoms with Crippen molar-refractivity contribution in [1.29, 1.82) is 0 Å². The molecule has 0 saturated heterocycles. The van der Waals surface area contributed by atoms with Crippen molar-refractivity contribution in [1.82, 2.24) is 19.8 Å². The Morgan fingerprint density at radius 3 is 1.95 bits per heavy atom. The Kier molecular flexibility index (Phi) is 12.9. The Balaban J connectivity index is 1.02. The van der Waals surface area contributed by atoms with Crippen LogP contribution in [0.1, 0.15) is 53.2 Å². The predicted octanol–water partition coefficient (Wildman–Crippen LogP) is 7.72. The van der Waals surface area contributed by atoms with E-state index in [9.17, 15) is 19.8 Å². The highest BCUT2D eigenvalue weighted by Crippen LogP contribution is 2.45. The van der Waals surface area contributed by atoms with E-state index < -0.39 is 11.9 Å². The number of fused-ring (bicyclic) bond motifs is 2. The summed E-state index contributed by atoms with van der Waals surface area (Å²) in [4.78, 5) is 36.3. The average Bonchev–Trinajstić information content (AvgIpc) is 4.11. The third-order valence-electron chi connectivity index (χ3n) is 10.1. The Labute approximate surface area is 364 Å². The topological polar surface area (TPSA) is 181 Å². The number of hydrogen-bond acceptors (Lipinski definition) is 16. The first kappa shape index (κ1) is 42.1. The molecule has 4 aromatic carbocycles. The van der Waals surface area contributed by atoms with Crippen molar-refractivity contribution in [2.75, 3.05) is 41.5 Å². The molecular formula is C44H42N4O12S2. The van der Waals surface area contributed by atoms with Crippen LogP contribution < -0.4 is 37.9 Å². The van der Waals surface area contributed by atoms with Gasteiger partial charge in [-0.15, -0.1) is 22.7 Å². The minimum absolute atomic E-state index is 0.00760. The number of benzene rings is 4. The van der Waals surface area contributed by atoms with Crippen LogP contribution in [0.25, 0.3) is 0 Å². The van der Waals surface area contributed by atoms with Gasteiger partial charge < -0.3 is 48.1 Å². The molecule has 2 N–H and O–H groups in total. The van der Waals surface area contributed by atoms with Gasteiger partial charge in [-0.05, 0) is 65.6 Å². The Hall–Kier alpha value is -6.60. The highest BCUT2D eigenvalue weighted by molar-refractivity contribution is 7.10. The van der Waals surface area contributed by atoms with Gasteiger partial charge in [0.1, 0.15) is 21.5 Å². The van der Waals surface area contributed by atoms with Crippen LogP contribution in [-0.2, 0) is 39.1 Å². The van der Waals surface area contributed by atoms with Crippen LogP contribution in [0.5, 0.6) is 51.7 Å². The number of aromatic carboxylic acids is 2. The monoisotopic (exact) mass is 882 g/mol. The van der Waals surface area contributed by atoms with Gasteiger partial charge >= 0.3 is 11.9 Å². The van der Waals surface area contributed by atoms with Gasteiger partial charge in [-0.25, -0.2) is 19.6 Å². The van der Waals surface area contributed by atoms with Crippen LogP contribution in [-0.4, -0.2) is 83.4 Å². The molecule has 2 aliphatic rings. The second-order valence-corrected chi connectivity index (χ2v) is 16.1. The molecule has 322 valence electrons. The Bertz CT molecular complexity index is 2580. The van der Waals surface area contributed by atoms with Crippen LogP contribution in [0.15, 0.2) is 77.5 Å². The van der Waals surface area contributed by atoms with Crippen molar-refractivity contribution in [3.8, 4) is 51.7 Å². The fourth-order valence-electron chi connectivity index (χ4n) is 7.09. The SMILES string of the molecule is COc1cc(Oc2cc(CN(CCc3ccc(OC)c(OC)c3)Cc3nc(C(=O)O)cs3)cc3c2OCO3)ccc1CN(Cc1ccc2c(c1)OCO2)Cc1nc(C(=O)O)cs1. The molecule has 0 radical (unpaired) electrons. The molecule has 8 rings (SSSR count). The van der Waals surface area contributed by atoms with Crippen LogP contribution >= 0.6 is 22.7 Å². The molecule has 0 spiro atoms. The molecule has 18 heteroatoms. The summed E-state index contributed by atoms with van der Waals surface area (Å²) in [6.07, 6.45) is 0.666. The van der Waals surface area contributed by atoms with Gasteiger partial charge in [0.05, 0.1) is 34.4 Å². The quantitative estimate of drug-likeness (QED) is 0.0760. The number of ether oxygens (including phenoxy) is 8. The van der Waals surface area contributed by atoms with Crippen molar-refractivity contribution in [3.63, 3.8) is 0 Å². The van der Waals surface area contributed by atoms with E-state index in [4.69, 9.17) is 37.9 Å². The lowest BCUT2D eigenvalue weighted by atomic mass is 10.1. The smallest absolute Gasteiger partial charge is 0.355 e. The number of carboxylic acid groups (broad SMARTS) is 2. The van der Waals surface area contributed by atoms with Crippen molar-refractivity contribution >= 4 is 34.6 Å². The van der Waals surface area contributed by atoms with E-state index in [0.717, 1.165) is 22.3 Å². The second-order valence-electron chi connectivity index (χ2n) is 14.2. The van der Waals surface area contributed by atoms with E-state index in [1.165, 1.54) is 22.7 Å². The lowest BCUT2D eigenvalue weighted by Crippen LogP contribution is -2.25. The third kappa shape index (κ3) is 9.95. The number of rotatable bonds is 20. The number of aromatic nitrogens is 2. The summed E-state index contributed by atoms with van der Waals surface area (Å²) < 4.78 is 46.2. The first-order valence-corrected chi connectivity index (χ1v) is 21.1. The van der Waals surface area contributed by atoms with Crippen molar-refractivity contribution in [2.24, 2.45) is 0 Å². The summed E-state index contributed by atoms with van der Waals surface area (Å²) in [5.74, 6) is 3.03. The van der Waals surface area contributed by atoms with E-state index in [0.29, 0.717) is 107 Å². The maximum absolute atomic E-state index is 11.6. The van der Waals surface area contributed by atoms with Gasteiger partial charge in [0.2, 0.25) is 19.3 Å². The van der Waals surface area contributed by atoms with Gasteiger partial charge in [0.15, 0.2) is 45.9 Å². The molecule has 6 aromatic rings. The summed E-state index contributed by atoms with van der Waals surface area (Å²) in [6.45, 7) is 3.00. The number of methoxy groups -OCH3 is 3. The van der Waals surface area contributed by atoms with Gasteiger partial charge in [-0.1, -0.05) is 18.2 Å². The van der Waals surface area contributed by atoms with Crippen molar-refractivity contribution < 1.29 is 57.7 Å². The van der Waals surface area contributed by atoms with E-state index >= 15 is 0 Å². The Morgan fingerprint density at radius 2 is 1.24 bits per heavy atom. The molecule has 0 atom stereocenters. The molecule has 62 heavy (non-hydrogen) atoms. The summed E-state index contributed by atoms with van der Waals surface area (Å²) in [5, 5.41) is 23.4. The van der Waals surface area contributed by atoms with Crippen molar-refractivity contribution in [3.05, 3.63) is 121 Å². The molecule has 0 fully saturated rings. The highest BCUT2D eigenvalue weighted by atomic mass is 32.1. The van der Waals surface area contributed by atoms with Crippen LogP contribution in [0.2, 0.25) is 0 Å². The lowest BCUT2D eigenvalue weighted by Gasteiger charge is -2.23. The maximum Gasteiger partial charge on any atom is 0.355 e. The number of hydrogen-bond donors (Lipinski definition) is 2. The molecule has 0 bridgehead atoms. The number of thiazole rings is 2. The van der Waals surface area contributed by atoms with Gasteiger partial charge in [0.25, 0.3) is 0 Å². The predicted molar refractivity (Wildman–Crippen MR) is 227 cm³/mol. The van der Waals surface area contributed by atoms with Crippen LogP contribution in [0, 0.1) is 0 Å². The summed E-state index contributed by atoms with van der Waals surface area (Å²) in [6, 6.07) is 21.0. The van der Waals surface area contributed by atoms with Gasteiger partial charge in [-0.3, -0.25) is 9.80 Å². The average molecular weight is 883 g/mol. The normalized spacial score (nSPS) is 12.5. The van der Waals surface area contributed by atoms with Gasteiger partial charge in [-0.2, -0.15) is 0 Å².